The summed E-state index contributed by atoms with van der Waals surface area (Å²) in [5.74, 6) is -1.86. The second-order valence-corrected chi connectivity index (χ2v) is 8.43. The van der Waals surface area contributed by atoms with Gasteiger partial charge in [-0.05, 0) is 29.8 Å². The number of rotatable bonds is 4. The van der Waals surface area contributed by atoms with E-state index >= 15 is 0 Å². The van der Waals surface area contributed by atoms with Crippen molar-refractivity contribution < 1.29 is 19.3 Å². The number of carbonyl (C=O) groups is 2. The number of benzene rings is 3. The molecule has 0 saturated carbocycles. The van der Waals surface area contributed by atoms with Gasteiger partial charge >= 0.3 is 0 Å². The van der Waals surface area contributed by atoms with Crippen molar-refractivity contribution in [2.75, 3.05) is 9.96 Å². The molecule has 2 fully saturated rings. The van der Waals surface area contributed by atoms with E-state index in [1.807, 2.05) is 30.3 Å². The molecule has 3 aromatic rings. The van der Waals surface area contributed by atoms with E-state index in [-0.39, 0.29) is 10.7 Å². The quantitative estimate of drug-likeness (QED) is 0.296. The number of fused-ring (bicyclic) bond motifs is 1. The SMILES string of the molecule is O=C1[C@@H]2[C@@H](ON(c3cccc([N+](=O)[O-])c3)[C@H]2c2ccccc2)C(=O)N1c1ccc(Cl)c(Cl)c1. The van der Waals surface area contributed by atoms with Crippen LogP contribution in [0.3, 0.4) is 0 Å². The summed E-state index contributed by atoms with van der Waals surface area (Å²) in [6.45, 7) is 0. The third kappa shape index (κ3) is 3.52. The van der Waals surface area contributed by atoms with Crippen LogP contribution >= 0.6 is 23.2 Å². The fraction of sp³-hybridized carbons (Fsp3) is 0.130. The molecule has 8 nitrogen and oxygen atoms in total. The van der Waals surface area contributed by atoms with Gasteiger partial charge in [0.05, 0.1) is 32.4 Å². The predicted molar refractivity (Wildman–Crippen MR) is 122 cm³/mol. The number of non-ortho nitro benzene ring substituents is 1. The van der Waals surface area contributed by atoms with Gasteiger partial charge in [0.15, 0.2) is 6.10 Å². The second kappa shape index (κ2) is 8.15. The Bertz CT molecular complexity index is 1290. The molecule has 0 bridgehead atoms. The maximum atomic E-state index is 13.5. The number of nitrogens with zero attached hydrogens (tertiary/aromatic N) is 3. The molecule has 0 unspecified atom stereocenters. The van der Waals surface area contributed by atoms with Gasteiger partial charge < -0.3 is 0 Å². The molecule has 2 amide bonds. The van der Waals surface area contributed by atoms with Crippen LogP contribution in [-0.4, -0.2) is 22.8 Å². The normalized spacial score (nSPS) is 22.1. The van der Waals surface area contributed by atoms with Gasteiger partial charge in [-0.3, -0.25) is 24.5 Å². The number of amides is 2. The van der Waals surface area contributed by atoms with Crippen LogP contribution in [0.25, 0.3) is 0 Å². The van der Waals surface area contributed by atoms with E-state index in [4.69, 9.17) is 28.0 Å². The Labute approximate surface area is 198 Å². The average molecular weight is 484 g/mol. The second-order valence-electron chi connectivity index (χ2n) is 7.62. The third-order valence-corrected chi connectivity index (χ3v) is 6.45. The number of hydrogen-bond donors (Lipinski definition) is 0. The summed E-state index contributed by atoms with van der Waals surface area (Å²) in [6, 6.07) is 18.8. The van der Waals surface area contributed by atoms with Crippen LogP contribution in [0.4, 0.5) is 17.1 Å². The number of imide groups is 1. The van der Waals surface area contributed by atoms with Crippen molar-refractivity contribution in [3.8, 4) is 0 Å². The summed E-state index contributed by atoms with van der Waals surface area (Å²) >= 11 is 12.1. The average Bonchev–Trinajstić information content (AvgIpc) is 3.32. The maximum Gasteiger partial charge on any atom is 0.271 e. The molecule has 2 saturated heterocycles. The molecule has 166 valence electrons. The van der Waals surface area contributed by atoms with Crippen LogP contribution in [-0.2, 0) is 14.4 Å². The monoisotopic (exact) mass is 483 g/mol. The van der Waals surface area contributed by atoms with Crippen LogP contribution in [0, 0.1) is 16.0 Å². The summed E-state index contributed by atoms with van der Waals surface area (Å²) in [4.78, 5) is 44.7. The molecule has 0 spiro atoms. The van der Waals surface area contributed by atoms with Gasteiger partial charge in [0.25, 0.3) is 11.6 Å². The minimum Gasteiger partial charge on any atom is -0.273 e. The molecule has 0 aromatic heterocycles. The number of hydroxylamine groups is 1. The first-order valence-corrected chi connectivity index (χ1v) is 10.7. The number of hydrogen-bond acceptors (Lipinski definition) is 6. The minimum atomic E-state index is -1.10. The standard InChI is InChI=1S/C23H15Cl2N3O5/c24-17-10-9-14(12-18(17)25)26-22(29)19-20(13-5-2-1-3-6-13)27(33-21(19)23(26)30)15-7-4-8-16(11-15)28(31)32/h1-12,19-21H/t19-,20-,21+/m0/s1. The summed E-state index contributed by atoms with van der Waals surface area (Å²) in [6.07, 6.45) is -1.10. The van der Waals surface area contributed by atoms with Crippen molar-refractivity contribution >= 4 is 52.1 Å². The number of nitro groups is 1. The van der Waals surface area contributed by atoms with Crippen molar-refractivity contribution in [1.82, 2.24) is 0 Å². The fourth-order valence-corrected chi connectivity index (χ4v) is 4.54. The molecule has 0 radical (unpaired) electrons. The lowest BCUT2D eigenvalue weighted by Crippen LogP contribution is -2.37. The van der Waals surface area contributed by atoms with Gasteiger partial charge in [0.1, 0.15) is 5.92 Å². The van der Waals surface area contributed by atoms with Crippen LogP contribution in [0.1, 0.15) is 11.6 Å². The number of nitro benzene ring substituents is 1. The molecule has 2 aliphatic rings. The first kappa shape index (κ1) is 21.4. The van der Waals surface area contributed by atoms with Crippen LogP contribution in [0.2, 0.25) is 10.0 Å². The molecular formula is C23H15Cl2N3O5. The molecule has 33 heavy (non-hydrogen) atoms. The highest BCUT2D eigenvalue weighted by molar-refractivity contribution is 6.42. The Morgan fingerprint density at radius 1 is 0.848 bits per heavy atom. The minimum absolute atomic E-state index is 0.130. The van der Waals surface area contributed by atoms with Gasteiger partial charge in [-0.25, -0.2) is 9.96 Å². The molecule has 2 aliphatic heterocycles. The lowest BCUT2D eigenvalue weighted by molar-refractivity contribution is -0.384. The Kier molecular flexibility index (Phi) is 5.28. The van der Waals surface area contributed by atoms with Crippen LogP contribution < -0.4 is 9.96 Å². The summed E-state index contributed by atoms with van der Waals surface area (Å²) in [7, 11) is 0. The predicted octanol–water partition coefficient (Wildman–Crippen LogP) is 4.95. The van der Waals surface area contributed by atoms with Crippen molar-refractivity contribution in [1.29, 1.82) is 0 Å². The van der Waals surface area contributed by atoms with Crippen molar-refractivity contribution in [3.63, 3.8) is 0 Å². The van der Waals surface area contributed by atoms with Crippen molar-refractivity contribution in [2.24, 2.45) is 5.92 Å². The molecule has 3 atom stereocenters. The zero-order valence-electron chi connectivity index (χ0n) is 16.8. The highest BCUT2D eigenvalue weighted by atomic mass is 35.5. The van der Waals surface area contributed by atoms with Gasteiger partial charge in [0.2, 0.25) is 5.91 Å². The third-order valence-electron chi connectivity index (χ3n) is 5.71. The summed E-state index contributed by atoms with van der Waals surface area (Å²) in [5.41, 5.74) is 1.27. The molecular weight excluding hydrogens is 469 g/mol. The van der Waals surface area contributed by atoms with E-state index < -0.39 is 34.8 Å². The number of carbonyl (C=O) groups excluding carboxylic acids is 2. The van der Waals surface area contributed by atoms with E-state index in [1.54, 1.807) is 12.1 Å². The highest BCUT2D eigenvalue weighted by Crippen LogP contribution is 2.48. The van der Waals surface area contributed by atoms with Gasteiger partial charge in [-0.1, -0.05) is 59.6 Å². The number of halogens is 2. The molecule has 10 heteroatoms. The Balaban J connectivity index is 1.58. The van der Waals surface area contributed by atoms with Gasteiger partial charge in [-0.15, -0.1) is 0 Å². The van der Waals surface area contributed by atoms with E-state index in [1.165, 1.54) is 35.4 Å². The molecule has 0 aliphatic carbocycles. The maximum absolute atomic E-state index is 13.5. The molecule has 3 aromatic carbocycles. The smallest absolute Gasteiger partial charge is 0.271 e. The van der Waals surface area contributed by atoms with Crippen LogP contribution in [0.5, 0.6) is 0 Å². The molecule has 0 N–H and O–H groups in total. The largest absolute Gasteiger partial charge is 0.273 e. The summed E-state index contributed by atoms with van der Waals surface area (Å²) in [5, 5.41) is 13.2. The first-order chi connectivity index (χ1) is 15.9. The van der Waals surface area contributed by atoms with Crippen molar-refractivity contribution in [3.05, 3.63) is 98.5 Å². The van der Waals surface area contributed by atoms with E-state index in [9.17, 15) is 19.7 Å². The fourth-order valence-electron chi connectivity index (χ4n) is 4.25. The van der Waals surface area contributed by atoms with E-state index in [2.05, 4.69) is 0 Å². The number of anilines is 2. The molecule has 5 rings (SSSR count). The topological polar surface area (TPSA) is 93.0 Å². The first-order valence-electron chi connectivity index (χ1n) is 9.95. The Morgan fingerprint density at radius 3 is 2.30 bits per heavy atom. The Hall–Kier alpha value is -3.46. The summed E-state index contributed by atoms with van der Waals surface area (Å²) < 4.78 is 0. The van der Waals surface area contributed by atoms with Gasteiger partial charge in [-0.2, -0.15) is 0 Å². The Morgan fingerprint density at radius 2 is 1.61 bits per heavy atom. The zero-order chi connectivity index (χ0) is 23.3. The zero-order valence-corrected chi connectivity index (χ0v) is 18.3. The van der Waals surface area contributed by atoms with Gasteiger partial charge in [0, 0.05) is 12.1 Å². The van der Waals surface area contributed by atoms with E-state index in [0.717, 1.165) is 10.5 Å². The lowest BCUT2D eigenvalue weighted by atomic mass is 9.90. The van der Waals surface area contributed by atoms with Crippen LogP contribution in [0.15, 0.2) is 72.8 Å². The molecule has 2 heterocycles. The van der Waals surface area contributed by atoms with Crippen molar-refractivity contribution in [2.45, 2.75) is 12.1 Å². The lowest BCUT2D eigenvalue weighted by Gasteiger charge is -2.28. The highest BCUT2D eigenvalue weighted by Gasteiger charge is 2.60. The van der Waals surface area contributed by atoms with E-state index in [0.29, 0.717) is 16.4 Å².